The Labute approximate surface area is 173 Å². The van der Waals surface area contributed by atoms with Crippen LogP contribution in [0.1, 0.15) is 6.92 Å². The molecule has 0 aromatic heterocycles. The molecule has 2 fully saturated rings. The SMILES string of the molecule is CC1CN(C(=O)CN2CSCC2=O)C(=Nc2cccc(S(=O)(=O)N(C)C)c2)S1. The van der Waals surface area contributed by atoms with Gasteiger partial charge in [-0.3, -0.25) is 14.5 Å². The predicted octanol–water partition coefficient (Wildman–Crippen LogP) is 1.42. The van der Waals surface area contributed by atoms with Gasteiger partial charge in [-0.25, -0.2) is 17.7 Å². The largest absolute Gasteiger partial charge is 0.323 e. The van der Waals surface area contributed by atoms with Crippen LogP contribution in [0.15, 0.2) is 34.2 Å². The van der Waals surface area contributed by atoms with Gasteiger partial charge in [0.15, 0.2) is 5.17 Å². The van der Waals surface area contributed by atoms with Gasteiger partial charge in [0, 0.05) is 25.9 Å². The van der Waals surface area contributed by atoms with Gasteiger partial charge in [0.2, 0.25) is 21.8 Å². The highest BCUT2D eigenvalue weighted by molar-refractivity contribution is 8.14. The molecule has 11 heteroatoms. The topological polar surface area (TPSA) is 90.4 Å². The quantitative estimate of drug-likeness (QED) is 0.685. The Morgan fingerprint density at radius 1 is 1.36 bits per heavy atom. The van der Waals surface area contributed by atoms with Gasteiger partial charge in [0.05, 0.1) is 22.2 Å². The van der Waals surface area contributed by atoms with E-state index < -0.39 is 10.0 Å². The Hall–Kier alpha value is -1.56. The lowest BCUT2D eigenvalue weighted by molar-refractivity contribution is -0.135. The third kappa shape index (κ3) is 4.53. The smallest absolute Gasteiger partial charge is 0.248 e. The first-order valence-corrected chi connectivity index (χ1v) is 12.1. The van der Waals surface area contributed by atoms with Crippen molar-refractivity contribution < 1.29 is 18.0 Å². The highest BCUT2D eigenvalue weighted by atomic mass is 32.2. The molecule has 1 atom stereocenters. The van der Waals surface area contributed by atoms with Gasteiger partial charge in [0.25, 0.3) is 0 Å². The summed E-state index contributed by atoms with van der Waals surface area (Å²) in [4.78, 5) is 32.3. The van der Waals surface area contributed by atoms with Crippen LogP contribution in [0, 0.1) is 0 Å². The molecule has 3 rings (SSSR count). The third-order valence-electron chi connectivity index (χ3n) is 4.25. The number of amides is 2. The number of nitrogens with zero attached hydrogens (tertiary/aromatic N) is 4. The summed E-state index contributed by atoms with van der Waals surface area (Å²) >= 11 is 2.96. The molecular formula is C17H22N4O4S3. The highest BCUT2D eigenvalue weighted by Gasteiger charge is 2.33. The second-order valence-corrected chi connectivity index (χ2v) is 11.2. The van der Waals surface area contributed by atoms with Gasteiger partial charge in [-0.1, -0.05) is 24.8 Å². The molecule has 2 heterocycles. The monoisotopic (exact) mass is 442 g/mol. The van der Waals surface area contributed by atoms with Crippen molar-refractivity contribution in [2.45, 2.75) is 17.1 Å². The predicted molar refractivity (Wildman–Crippen MR) is 112 cm³/mol. The van der Waals surface area contributed by atoms with E-state index in [2.05, 4.69) is 4.99 Å². The standard InChI is InChI=1S/C17H22N4O4S3/c1-12-8-21(15(22)9-20-11-26-10-16(20)23)17(27-12)18-13-5-4-6-14(7-13)28(24,25)19(2)3/h4-7,12H,8-11H2,1-3H3. The van der Waals surface area contributed by atoms with E-state index in [1.54, 1.807) is 21.9 Å². The molecule has 2 amide bonds. The zero-order valence-corrected chi connectivity index (χ0v) is 18.3. The van der Waals surface area contributed by atoms with Crippen LogP contribution < -0.4 is 0 Å². The molecule has 28 heavy (non-hydrogen) atoms. The molecule has 0 radical (unpaired) electrons. The lowest BCUT2D eigenvalue weighted by Crippen LogP contribution is -2.41. The van der Waals surface area contributed by atoms with E-state index in [-0.39, 0.29) is 28.5 Å². The molecule has 2 aliphatic heterocycles. The number of thioether (sulfide) groups is 2. The fraction of sp³-hybridized carbons (Fsp3) is 0.471. The molecule has 1 aromatic rings. The number of rotatable bonds is 5. The molecule has 8 nitrogen and oxygen atoms in total. The maximum absolute atomic E-state index is 12.7. The summed E-state index contributed by atoms with van der Waals surface area (Å²) in [6, 6.07) is 6.35. The summed E-state index contributed by atoms with van der Waals surface area (Å²) in [7, 11) is -0.619. The Kier molecular flexibility index (Phi) is 6.37. The van der Waals surface area contributed by atoms with Crippen molar-refractivity contribution in [2.24, 2.45) is 4.99 Å². The van der Waals surface area contributed by atoms with E-state index in [4.69, 9.17) is 0 Å². The number of aliphatic imine (C=N–C) groups is 1. The van der Waals surface area contributed by atoms with E-state index >= 15 is 0 Å². The average Bonchev–Trinajstić information content (AvgIpc) is 3.20. The molecular weight excluding hydrogens is 420 g/mol. The first-order chi connectivity index (χ1) is 13.2. The Bertz CT molecular complexity index is 917. The maximum atomic E-state index is 12.7. The van der Waals surface area contributed by atoms with Crippen LogP contribution in [-0.2, 0) is 19.6 Å². The zero-order valence-electron chi connectivity index (χ0n) is 15.9. The fourth-order valence-electron chi connectivity index (χ4n) is 2.73. The fourth-order valence-corrected chi connectivity index (χ4v) is 5.63. The van der Waals surface area contributed by atoms with E-state index in [0.29, 0.717) is 29.0 Å². The number of sulfonamides is 1. The molecule has 0 saturated carbocycles. The minimum absolute atomic E-state index is 0.0293. The van der Waals surface area contributed by atoms with Crippen LogP contribution in [0.25, 0.3) is 0 Å². The Morgan fingerprint density at radius 2 is 2.11 bits per heavy atom. The summed E-state index contributed by atoms with van der Waals surface area (Å²) in [5.41, 5.74) is 0.463. The van der Waals surface area contributed by atoms with E-state index in [9.17, 15) is 18.0 Å². The summed E-state index contributed by atoms with van der Waals surface area (Å²) in [5, 5.41) is 0.691. The first-order valence-electron chi connectivity index (χ1n) is 8.62. The van der Waals surface area contributed by atoms with Crippen molar-refractivity contribution in [3.8, 4) is 0 Å². The number of hydrogen-bond acceptors (Lipinski definition) is 7. The zero-order chi connectivity index (χ0) is 20.5. The van der Waals surface area contributed by atoms with Crippen LogP contribution >= 0.6 is 23.5 Å². The Morgan fingerprint density at radius 3 is 2.75 bits per heavy atom. The van der Waals surface area contributed by atoms with Crippen molar-refractivity contribution in [2.75, 3.05) is 38.8 Å². The number of carbonyl (C=O) groups is 2. The van der Waals surface area contributed by atoms with Crippen molar-refractivity contribution in [3.63, 3.8) is 0 Å². The van der Waals surface area contributed by atoms with Gasteiger partial charge in [0.1, 0.15) is 6.54 Å². The number of amidine groups is 1. The number of benzene rings is 1. The lowest BCUT2D eigenvalue weighted by atomic mass is 10.3. The molecule has 0 bridgehead atoms. The maximum Gasteiger partial charge on any atom is 0.248 e. The van der Waals surface area contributed by atoms with Crippen LogP contribution in [0.3, 0.4) is 0 Å². The molecule has 2 saturated heterocycles. The molecule has 1 unspecified atom stereocenters. The normalized spacial score (nSPS) is 21.9. The minimum atomic E-state index is -3.57. The van der Waals surface area contributed by atoms with Crippen LogP contribution in [0.5, 0.6) is 0 Å². The van der Waals surface area contributed by atoms with Crippen molar-refractivity contribution in [3.05, 3.63) is 24.3 Å². The van der Waals surface area contributed by atoms with Crippen LogP contribution in [0.4, 0.5) is 5.69 Å². The summed E-state index contributed by atoms with van der Waals surface area (Å²) < 4.78 is 25.8. The van der Waals surface area contributed by atoms with Gasteiger partial charge in [-0.05, 0) is 18.2 Å². The second kappa shape index (κ2) is 8.44. The van der Waals surface area contributed by atoms with Gasteiger partial charge >= 0.3 is 0 Å². The molecule has 2 aliphatic rings. The van der Waals surface area contributed by atoms with E-state index in [1.165, 1.54) is 49.8 Å². The summed E-state index contributed by atoms with van der Waals surface area (Å²) in [6.45, 7) is 2.54. The average molecular weight is 443 g/mol. The van der Waals surface area contributed by atoms with Crippen molar-refractivity contribution in [1.29, 1.82) is 0 Å². The third-order valence-corrected chi connectivity index (χ3v) is 8.08. The molecule has 1 aromatic carbocycles. The van der Waals surface area contributed by atoms with Gasteiger partial charge < -0.3 is 4.90 Å². The lowest BCUT2D eigenvalue weighted by Gasteiger charge is -2.20. The van der Waals surface area contributed by atoms with E-state index in [0.717, 1.165) is 4.31 Å². The second-order valence-electron chi connectivity index (χ2n) is 6.68. The molecule has 152 valence electrons. The van der Waals surface area contributed by atoms with Gasteiger partial charge in [-0.15, -0.1) is 11.8 Å². The first kappa shape index (κ1) is 21.2. The molecule has 0 N–H and O–H groups in total. The summed E-state index contributed by atoms with van der Waals surface area (Å²) in [5.74, 6) is 0.728. The highest BCUT2D eigenvalue weighted by Crippen LogP contribution is 2.29. The van der Waals surface area contributed by atoms with Crippen molar-refractivity contribution >= 4 is 56.2 Å². The molecule has 0 spiro atoms. The molecule has 0 aliphatic carbocycles. The number of carbonyl (C=O) groups excluding carboxylic acids is 2. The van der Waals surface area contributed by atoms with Gasteiger partial charge in [-0.2, -0.15) is 0 Å². The summed E-state index contributed by atoms with van der Waals surface area (Å²) in [6.07, 6.45) is 0. The van der Waals surface area contributed by atoms with Crippen LogP contribution in [-0.4, -0.2) is 83.6 Å². The Balaban J connectivity index is 1.83. The van der Waals surface area contributed by atoms with Crippen molar-refractivity contribution in [1.82, 2.24) is 14.1 Å². The minimum Gasteiger partial charge on any atom is -0.323 e. The van der Waals surface area contributed by atoms with Crippen LogP contribution in [0.2, 0.25) is 0 Å². The number of hydrogen-bond donors (Lipinski definition) is 0. The van der Waals surface area contributed by atoms with E-state index in [1.807, 2.05) is 6.92 Å².